The van der Waals surface area contributed by atoms with Crippen molar-refractivity contribution in [3.63, 3.8) is 0 Å². The number of aromatic carboxylic acids is 1. The molecule has 0 radical (unpaired) electrons. The molecule has 0 aliphatic carbocycles. The quantitative estimate of drug-likeness (QED) is 0.720. The molecular weight excluding hydrogens is 302 g/mol. The van der Waals surface area contributed by atoms with Gasteiger partial charge >= 0.3 is 5.97 Å². The van der Waals surface area contributed by atoms with Crippen LogP contribution in [0.1, 0.15) is 10.4 Å². The number of rotatable bonds is 8. The molecule has 0 saturated heterocycles. The normalized spacial score (nSPS) is 10.3. The molecule has 0 unspecified atom stereocenters. The Balaban J connectivity index is 2.36. The Kier molecular flexibility index (Phi) is 6.70. The molecule has 0 atom stereocenters. The number of benzene rings is 1. The van der Waals surface area contributed by atoms with Crippen LogP contribution in [0.2, 0.25) is 0 Å². The molecule has 1 rings (SSSR count). The number of anilines is 1. The predicted molar refractivity (Wildman–Crippen MR) is 72.3 cm³/mol. The highest BCUT2D eigenvalue weighted by atomic mass is 79.9. The van der Waals surface area contributed by atoms with Gasteiger partial charge in [-0.1, -0.05) is 0 Å². The molecule has 18 heavy (non-hydrogen) atoms. The van der Waals surface area contributed by atoms with Crippen LogP contribution < -0.4 is 5.32 Å². The number of hydrogen-bond donors (Lipinski definition) is 2. The molecule has 0 aromatic heterocycles. The summed E-state index contributed by atoms with van der Waals surface area (Å²) >= 11 is 3.32. The number of hydrogen-bond acceptors (Lipinski definition) is 4. The number of carbonyl (C=O) groups is 1. The van der Waals surface area contributed by atoms with Crippen LogP contribution in [0.15, 0.2) is 22.7 Å². The first-order chi connectivity index (χ1) is 8.65. The SMILES string of the molecule is COCCOCCNc1ccc(C(=O)O)cc1Br. The van der Waals surface area contributed by atoms with Crippen LogP contribution >= 0.6 is 15.9 Å². The topological polar surface area (TPSA) is 67.8 Å². The summed E-state index contributed by atoms with van der Waals surface area (Å²) in [5.74, 6) is -0.940. The van der Waals surface area contributed by atoms with Gasteiger partial charge in [-0.25, -0.2) is 4.79 Å². The largest absolute Gasteiger partial charge is 0.478 e. The van der Waals surface area contributed by atoms with Crippen molar-refractivity contribution in [2.45, 2.75) is 0 Å². The Bertz CT molecular complexity index is 398. The van der Waals surface area contributed by atoms with Gasteiger partial charge in [0.2, 0.25) is 0 Å². The van der Waals surface area contributed by atoms with Crippen molar-refractivity contribution in [2.24, 2.45) is 0 Å². The van der Waals surface area contributed by atoms with E-state index in [4.69, 9.17) is 14.6 Å². The van der Waals surface area contributed by atoms with Crippen LogP contribution in [0.3, 0.4) is 0 Å². The van der Waals surface area contributed by atoms with Crippen molar-refractivity contribution in [3.05, 3.63) is 28.2 Å². The van der Waals surface area contributed by atoms with Crippen LogP contribution in [0, 0.1) is 0 Å². The van der Waals surface area contributed by atoms with Crippen LogP contribution in [-0.4, -0.2) is 44.6 Å². The van der Waals surface area contributed by atoms with Gasteiger partial charge in [0.1, 0.15) is 0 Å². The smallest absolute Gasteiger partial charge is 0.335 e. The van der Waals surface area contributed by atoms with E-state index >= 15 is 0 Å². The first kappa shape index (κ1) is 14.9. The van der Waals surface area contributed by atoms with E-state index < -0.39 is 5.97 Å². The number of halogens is 1. The van der Waals surface area contributed by atoms with Crippen LogP contribution in [0.5, 0.6) is 0 Å². The molecule has 0 fully saturated rings. The second kappa shape index (κ2) is 8.07. The van der Waals surface area contributed by atoms with Crippen molar-refractivity contribution in [1.82, 2.24) is 0 Å². The Hall–Kier alpha value is -1.11. The summed E-state index contributed by atoms with van der Waals surface area (Å²) in [4.78, 5) is 10.8. The zero-order chi connectivity index (χ0) is 13.4. The van der Waals surface area contributed by atoms with E-state index in [9.17, 15) is 4.79 Å². The lowest BCUT2D eigenvalue weighted by molar-refractivity contribution is 0.0697. The van der Waals surface area contributed by atoms with E-state index in [0.717, 1.165) is 10.2 Å². The third kappa shape index (κ3) is 5.03. The Morgan fingerprint density at radius 2 is 2.17 bits per heavy atom. The lowest BCUT2D eigenvalue weighted by Crippen LogP contribution is -2.12. The summed E-state index contributed by atoms with van der Waals surface area (Å²) in [6.45, 7) is 2.36. The zero-order valence-electron chi connectivity index (χ0n) is 10.1. The minimum atomic E-state index is -0.940. The second-order valence-electron chi connectivity index (χ2n) is 3.53. The summed E-state index contributed by atoms with van der Waals surface area (Å²) in [6, 6.07) is 4.85. The standard InChI is InChI=1S/C12H16BrNO4/c1-17-6-7-18-5-4-14-11-3-2-9(12(15)16)8-10(11)13/h2-3,8,14H,4-7H2,1H3,(H,15,16). The number of carboxylic acids is 1. The molecule has 5 nitrogen and oxygen atoms in total. The maximum Gasteiger partial charge on any atom is 0.335 e. The molecule has 0 bridgehead atoms. The molecule has 0 heterocycles. The molecule has 100 valence electrons. The molecule has 0 amide bonds. The highest BCUT2D eigenvalue weighted by Gasteiger charge is 2.06. The van der Waals surface area contributed by atoms with E-state index in [1.54, 1.807) is 25.3 Å². The van der Waals surface area contributed by atoms with Gasteiger partial charge in [0.15, 0.2) is 0 Å². The summed E-state index contributed by atoms with van der Waals surface area (Å²) in [7, 11) is 1.63. The predicted octanol–water partition coefficient (Wildman–Crippen LogP) is 2.22. The van der Waals surface area contributed by atoms with Gasteiger partial charge in [-0.3, -0.25) is 0 Å². The Labute approximate surface area is 114 Å². The molecule has 1 aromatic carbocycles. The first-order valence-corrected chi connectivity index (χ1v) is 6.28. The minimum Gasteiger partial charge on any atom is -0.478 e. The van der Waals surface area contributed by atoms with Gasteiger partial charge in [-0.05, 0) is 34.1 Å². The van der Waals surface area contributed by atoms with Crippen LogP contribution in [0.4, 0.5) is 5.69 Å². The first-order valence-electron chi connectivity index (χ1n) is 5.48. The minimum absolute atomic E-state index is 0.253. The number of ether oxygens (including phenoxy) is 2. The molecule has 1 aromatic rings. The van der Waals surface area contributed by atoms with Crippen LogP contribution in [-0.2, 0) is 9.47 Å². The summed E-state index contributed by atoms with van der Waals surface area (Å²) in [5, 5.41) is 12.0. The molecule has 2 N–H and O–H groups in total. The fourth-order valence-corrected chi connectivity index (χ4v) is 1.81. The molecule has 0 saturated carbocycles. The van der Waals surface area contributed by atoms with Gasteiger partial charge in [-0.15, -0.1) is 0 Å². The Morgan fingerprint density at radius 1 is 1.39 bits per heavy atom. The average molecular weight is 318 g/mol. The summed E-state index contributed by atoms with van der Waals surface area (Å²) in [6.07, 6.45) is 0. The van der Waals surface area contributed by atoms with Crippen LogP contribution in [0.25, 0.3) is 0 Å². The van der Waals surface area contributed by atoms with E-state index in [0.29, 0.717) is 26.4 Å². The molecular formula is C12H16BrNO4. The third-order valence-electron chi connectivity index (χ3n) is 2.21. The van der Waals surface area contributed by atoms with E-state index in [-0.39, 0.29) is 5.56 Å². The molecule has 0 aliphatic heterocycles. The van der Waals surface area contributed by atoms with E-state index in [2.05, 4.69) is 21.2 Å². The van der Waals surface area contributed by atoms with Gasteiger partial charge in [0, 0.05) is 23.8 Å². The average Bonchev–Trinajstić information content (AvgIpc) is 2.35. The van der Waals surface area contributed by atoms with Gasteiger partial charge in [-0.2, -0.15) is 0 Å². The fraction of sp³-hybridized carbons (Fsp3) is 0.417. The molecule has 0 aliphatic rings. The maximum atomic E-state index is 10.8. The van der Waals surface area contributed by atoms with Gasteiger partial charge < -0.3 is 19.9 Å². The highest BCUT2D eigenvalue weighted by molar-refractivity contribution is 9.10. The van der Waals surface area contributed by atoms with Crippen molar-refractivity contribution >= 4 is 27.6 Å². The van der Waals surface area contributed by atoms with Gasteiger partial charge in [0.05, 0.1) is 25.4 Å². The lowest BCUT2D eigenvalue weighted by Gasteiger charge is -2.09. The lowest BCUT2D eigenvalue weighted by atomic mass is 10.2. The molecule has 0 spiro atoms. The molecule has 6 heteroatoms. The Morgan fingerprint density at radius 3 is 2.78 bits per heavy atom. The summed E-state index contributed by atoms with van der Waals surface area (Å²) < 4.78 is 10.9. The number of methoxy groups -OCH3 is 1. The second-order valence-corrected chi connectivity index (χ2v) is 4.39. The zero-order valence-corrected chi connectivity index (χ0v) is 11.7. The monoisotopic (exact) mass is 317 g/mol. The van der Waals surface area contributed by atoms with Crippen molar-refractivity contribution in [3.8, 4) is 0 Å². The summed E-state index contributed by atoms with van der Waals surface area (Å²) in [5.41, 5.74) is 1.10. The number of nitrogens with one attached hydrogen (secondary N) is 1. The number of carboxylic acid groups (broad SMARTS) is 1. The van der Waals surface area contributed by atoms with Crippen molar-refractivity contribution < 1.29 is 19.4 Å². The third-order valence-corrected chi connectivity index (χ3v) is 2.87. The maximum absolute atomic E-state index is 10.8. The van der Waals surface area contributed by atoms with Crippen molar-refractivity contribution in [2.75, 3.05) is 38.8 Å². The fourth-order valence-electron chi connectivity index (χ4n) is 1.29. The van der Waals surface area contributed by atoms with E-state index in [1.165, 1.54) is 0 Å². The highest BCUT2D eigenvalue weighted by Crippen LogP contribution is 2.23. The van der Waals surface area contributed by atoms with E-state index in [1.807, 2.05) is 0 Å². The van der Waals surface area contributed by atoms with Gasteiger partial charge in [0.25, 0.3) is 0 Å². The van der Waals surface area contributed by atoms with Crippen molar-refractivity contribution in [1.29, 1.82) is 0 Å².